The van der Waals surface area contributed by atoms with E-state index in [1.54, 1.807) is 10.4 Å². The molecule has 0 heterocycles. The average Bonchev–Trinajstić information content (AvgIpc) is 2.93. The molecule has 0 aliphatic heterocycles. The van der Waals surface area contributed by atoms with Crippen LogP contribution in [0.5, 0.6) is 0 Å². The molecule has 0 aromatic carbocycles. The quantitative estimate of drug-likeness (QED) is 0.638. The van der Waals surface area contributed by atoms with E-state index < -0.39 is 8.56 Å². The normalized spacial score (nSPS) is 27.1. The molecule has 0 spiro atoms. The predicted molar refractivity (Wildman–Crippen MR) is 91.2 cm³/mol. The minimum atomic E-state index is -2.42. The Morgan fingerprint density at radius 1 is 0.857 bits per heavy atom. The van der Waals surface area contributed by atoms with Gasteiger partial charge < -0.3 is 8.85 Å². The maximum atomic E-state index is 6.52. The summed E-state index contributed by atoms with van der Waals surface area (Å²) in [6.45, 7) is 15.1. The second kappa shape index (κ2) is 6.80. The monoisotopic (exact) mass is 308 g/mol. The van der Waals surface area contributed by atoms with Crippen molar-refractivity contribution in [3.05, 3.63) is 21.5 Å². The second-order valence-corrected chi connectivity index (χ2v) is 9.64. The fourth-order valence-corrected chi connectivity index (χ4v) is 9.15. The van der Waals surface area contributed by atoms with Crippen molar-refractivity contribution in [2.45, 2.75) is 67.2 Å². The van der Waals surface area contributed by atoms with E-state index in [2.05, 4.69) is 41.5 Å². The van der Waals surface area contributed by atoms with Crippen molar-refractivity contribution in [3.63, 3.8) is 0 Å². The second-order valence-electron chi connectivity index (χ2n) is 6.75. The highest BCUT2D eigenvalue weighted by Gasteiger charge is 2.52. The molecule has 2 atom stereocenters. The van der Waals surface area contributed by atoms with Gasteiger partial charge in [0.05, 0.1) is 0 Å². The van der Waals surface area contributed by atoms with Gasteiger partial charge in [-0.1, -0.05) is 25.0 Å². The number of rotatable bonds is 6. The molecule has 0 fully saturated rings. The molecule has 0 bridgehead atoms. The molecular weight excluding hydrogens is 276 g/mol. The third-order valence-electron chi connectivity index (χ3n) is 5.21. The first-order chi connectivity index (χ1) is 9.97. The zero-order valence-electron chi connectivity index (χ0n) is 14.7. The van der Waals surface area contributed by atoms with Gasteiger partial charge in [-0.3, -0.25) is 0 Å². The third-order valence-corrected chi connectivity index (χ3v) is 9.86. The van der Waals surface area contributed by atoms with Gasteiger partial charge in [0.2, 0.25) is 0 Å². The Bertz CT molecular complexity index is 408. The summed E-state index contributed by atoms with van der Waals surface area (Å²) in [5.74, 6) is 1.23. The molecule has 0 aromatic rings. The fraction of sp³-hybridized carbons (Fsp3) is 0.778. The molecule has 0 amide bonds. The van der Waals surface area contributed by atoms with Crippen molar-refractivity contribution in [2.24, 2.45) is 11.8 Å². The van der Waals surface area contributed by atoms with Crippen molar-refractivity contribution in [1.82, 2.24) is 0 Å². The lowest BCUT2D eigenvalue weighted by Crippen LogP contribution is -2.50. The Hall–Kier alpha value is -0.383. The first-order valence-corrected chi connectivity index (χ1v) is 10.5. The van der Waals surface area contributed by atoms with Crippen molar-refractivity contribution >= 4 is 8.56 Å². The maximum Gasteiger partial charge on any atom is 0.399 e. The molecule has 0 saturated carbocycles. The van der Waals surface area contributed by atoms with Gasteiger partial charge in [-0.05, 0) is 75.6 Å². The maximum absolute atomic E-state index is 6.52. The topological polar surface area (TPSA) is 18.5 Å². The van der Waals surface area contributed by atoms with E-state index in [0.29, 0.717) is 11.8 Å². The van der Waals surface area contributed by atoms with Gasteiger partial charge in [0.15, 0.2) is 0 Å². The van der Waals surface area contributed by atoms with Crippen LogP contribution in [0.15, 0.2) is 21.5 Å². The number of allylic oxidation sites excluding steroid dienone is 4. The lowest BCUT2D eigenvalue weighted by Gasteiger charge is -2.37. The molecule has 2 aliphatic rings. The van der Waals surface area contributed by atoms with E-state index in [0.717, 1.165) is 13.2 Å². The molecule has 3 heteroatoms. The van der Waals surface area contributed by atoms with E-state index in [4.69, 9.17) is 8.85 Å². The van der Waals surface area contributed by atoms with Gasteiger partial charge in [0, 0.05) is 13.2 Å². The number of hydrogen-bond donors (Lipinski definition) is 0. The molecule has 0 N–H and O–H groups in total. The Kier molecular flexibility index (Phi) is 5.50. The zero-order valence-corrected chi connectivity index (χ0v) is 15.7. The molecule has 2 nitrogen and oxygen atoms in total. The third kappa shape index (κ3) is 2.93. The lowest BCUT2D eigenvalue weighted by molar-refractivity contribution is 0.194. The molecule has 21 heavy (non-hydrogen) atoms. The van der Waals surface area contributed by atoms with Crippen LogP contribution in [0.3, 0.4) is 0 Å². The van der Waals surface area contributed by atoms with E-state index in [-0.39, 0.29) is 0 Å². The van der Waals surface area contributed by atoms with E-state index in [1.165, 1.54) is 36.8 Å². The number of hydrogen-bond acceptors (Lipinski definition) is 2. The predicted octanol–water partition coefficient (Wildman–Crippen LogP) is 5.07. The van der Waals surface area contributed by atoms with Crippen LogP contribution in [0, 0.1) is 11.8 Å². The van der Waals surface area contributed by atoms with E-state index >= 15 is 0 Å². The molecule has 0 radical (unpaired) electrons. The van der Waals surface area contributed by atoms with Crippen LogP contribution in [0.1, 0.15) is 67.2 Å². The van der Waals surface area contributed by atoms with Gasteiger partial charge in [-0.25, -0.2) is 0 Å². The first-order valence-electron chi connectivity index (χ1n) is 8.66. The van der Waals surface area contributed by atoms with Crippen LogP contribution >= 0.6 is 0 Å². The Morgan fingerprint density at radius 3 is 1.48 bits per heavy atom. The zero-order chi connectivity index (χ0) is 15.6. The van der Waals surface area contributed by atoms with Crippen LogP contribution in [0.4, 0.5) is 0 Å². The standard InChI is InChI=1S/C18H32O2Si/c1-7-19-21(20-8-2,17-13(3)9-10-14(17)4)18-15(5)11-12-16(18)6/h13,15H,7-12H2,1-6H3. The molecule has 2 rings (SSSR count). The summed E-state index contributed by atoms with van der Waals surface area (Å²) < 4.78 is 13.0. The molecule has 120 valence electrons. The van der Waals surface area contributed by atoms with Gasteiger partial charge in [-0.2, -0.15) is 0 Å². The molecule has 0 aromatic heterocycles. The minimum Gasteiger partial charge on any atom is -0.388 e. The van der Waals surface area contributed by atoms with Crippen LogP contribution < -0.4 is 0 Å². The summed E-state index contributed by atoms with van der Waals surface area (Å²) in [6, 6.07) is 0. The lowest BCUT2D eigenvalue weighted by atomic mass is 10.1. The summed E-state index contributed by atoms with van der Waals surface area (Å²) >= 11 is 0. The highest BCUT2D eigenvalue weighted by molar-refractivity contribution is 6.82. The highest BCUT2D eigenvalue weighted by atomic mass is 28.4. The van der Waals surface area contributed by atoms with Crippen LogP contribution in [0.2, 0.25) is 0 Å². The Morgan fingerprint density at radius 2 is 1.24 bits per heavy atom. The molecule has 2 unspecified atom stereocenters. The van der Waals surface area contributed by atoms with Gasteiger partial charge in [0.25, 0.3) is 0 Å². The minimum absolute atomic E-state index is 0.614. The van der Waals surface area contributed by atoms with Gasteiger partial charge in [0.1, 0.15) is 0 Å². The molecule has 0 saturated heterocycles. The molecule has 2 aliphatic carbocycles. The van der Waals surface area contributed by atoms with Crippen LogP contribution in [0.25, 0.3) is 0 Å². The first kappa shape index (κ1) is 17.0. The van der Waals surface area contributed by atoms with Crippen LogP contribution in [-0.2, 0) is 8.85 Å². The Balaban J connectivity index is 2.58. The summed E-state index contributed by atoms with van der Waals surface area (Å²) in [4.78, 5) is 0. The summed E-state index contributed by atoms with van der Waals surface area (Å²) in [5.41, 5.74) is 3.07. The Labute approximate surface area is 131 Å². The molecular formula is C18H32O2Si. The smallest absolute Gasteiger partial charge is 0.388 e. The highest BCUT2D eigenvalue weighted by Crippen LogP contribution is 2.47. The van der Waals surface area contributed by atoms with E-state index in [9.17, 15) is 0 Å². The van der Waals surface area contributed by atoms with Crippen molar-refractivity contribution in [2.75, 3.05) is 13.2 Å². The SMILES string of the molecule is CCO[Si](OCC)(C1=C(C)CCC1C)C1=C(C)CCC1C. The average molecular weight is 309 g/mol. The van der Waals surface area contributed by atoms with Crippen molar-refractivity contribution in [1.29, 1.82) is 0 Å². The van der Waals surface area contributed by atoms with Gasteiger partial charge in [-0.15, -0.1) is 0 Å². The summed E-state index contributed by atoms with van der Waals surface area (Å²) in [7, 11) is -2.42. The summed E-state index contributed by atoms with van der Waals surface area (Å²) in [5, 5.41) is 3.10. The van der Waals surface area contributed by atoms with Crippen molar-refractivity contribution < 1.29 is 8.85 Å². The van der Waals surface area contributed by atoms with Crippen LogP contribution in [-0.4, -0.2) is 21.8 Å². The van der Waals surface area contributed by atoms with Gasteiger partial charge >= 0.3 is 8.56 Å². The fourth-order valence-electron chi connectivity index (χ4n) is 4.38. The van der Waals surface area contributed by atoms with E-state index in [1.807, 2.05) is 0 Å². The summed E-state index contributed by atoms with van der Waals surface area (Å²) in [6.07, 6.45) is 4.95. The van der Waals surface area contributed by atoms with Crippen molar-refractivity contribution in [3.8, 4) is 0 Å². The largest absolute Gasteiger partial charge is 0.399 e.